The maximum Gasteiger partial charge on any atom is 0.257 e. The van der Waals surface area contributed by atoms with Crippen LogP contribution in [-0.2, 0) is 27.3 Å². The van der Waals surface area contributed by atoms with Crippen LogP contribution < -0.4 is 0 Å². The first-order chi connectivity index (χ1) is 15.5. The Labute approximate surface area is 189 Å². The molecule has 0 aromatic heterocycles. The molecular weight excluding hydrogens is 407 g/mol. The van der Waals surface area contributed by atoms with E-state index in [1.165, 1.54) is 30.4 Å². The van der Waals surface area contributed by atoms with Gasteiger partial charge < -0.3 is 14.4 Å². The fourth-order valence-electron chi connectivity index (χ4n) is 2.83. The molecule has 2 aromatic rings. The Morgan fingerprint density at radius 2 is 1.81 bits per heavy atom. The predicted molar refractivity (Wildman–Crippen MR) is 125 cm³/mol. The van der Waals surface area contributed by atoms with Gasteiger partial charge in [0.25, 0.3) is 5.91 Å². The molecule has 1 amide bonds. The van der Waals surface area contributed by atoms with Gasteiger partial charge in [-0.15, -0.1) is 0 Å². The zero-order valence-electron chi connectivity index (χ0n) is 18.5. The van der Waals surface area contributed by atoms with E-state index in [2.05, 4.69) is 11.7 Å². The number of nitrogens with zero attached hydrogens (tertiary/aromatic N) is 2. The van der Waals surface area contributed by atoms with Gasteiger partial charge >= 0.3 is 0 Å². The van der Waals surface area contributed by atoms with Gasteiger partial charge in [-0.3, -0.25) is 9.79 Å². The first kappa shape index (κ1) is 24.6. The smallest absolute Gasteiger partial charge is 0.257 e. The van der Waals surface area contributed by atoms with Crippen LogP contribution in [-0.4, -0.2) is 37.7 Å². The van der Waals surface area contributed by atoms with E-state index >= 15 is 0 Å². The summed E-state index contributed by atoms with van der Waals surface area (Å²) in [6, 6.07) is 16.0. The monoisotopic (exact) mass is 436 g/mol. The number of carbonyl (C=O) groups is 1. The first-order valence-electron chi connectivity index (χ1n) is 10.2. The molecular formula is C26H29FN2O3. The molecule has 0 atom stereocenters. The highest BCUT2D eigenvalue weighted by molar-refractivity contribution is 5.94. The van der Waals surface area contributed by atoms with Crippen LogP contribution in [0.15, 0.2) is 95.5 Å². The van der Waals surface area contributed by atoms with Crippen LogP contribution in [0.5, 0.6) is 0 Å². The first-order valence-corrected chi connectivity index (χ1v) is 10.2. The average molecular weight is 437 g/mol. The number of methoxy groups -OCH3 is 1. The minimum absolute atomic E-state index is 0.201. The van der Waals surface area contributed by atoms with Crippen molar-refractivity contribution in [2.24, 2.45) is 4.99 Å². The lowest BCUT2D eigenvalue weighted by Gasteiger charge is -2.19. The van der Waals surface area contributed by atoms with Crippen LogP contribution in [0.2, 0.25) is 0 Å². The van der Waals surface area contributed by atoms with Crippen LogP contribution in [0.25, 0.3) is 0 Å². The van der Waals surface area contributed by atoms with Crippen molar-refractivity contribution < 1.29 is 18.7 Å². The zero-order valence-corrected chi connectivity index (χ0v) is 18.5. The van der Waals surface area contributed by atoms with Gasteiger partial charge in [0.1, 0.15) is 18.2 Å². The molecule has 0 aliphatic rings. The fourth-order valence-corrected chi connectivity index (χ4v) is 2.83. The molecule has 0 saturated heterocycles. The van der Waals surface area contributed by atoms with Crippen LogP contribution in [0, 0.1) is 5.82 Å². The highest BCUT2D eigenvalue weighted by atomic mass is 19.1. The number of rotatable bonds is 12. The molecule has 0 fully saturated rings. The maximum absolute atomic E-state index is 13.1. The highest BCUT2D eigenvalue weighted by Crippen LogP contribution is 2.14. The summed E-state index contributed by atoms with van der Waals surface area (Å²) < 4.78 is 23.9. The Hall–Kier alpha value is -3.67. The molecule has 6 heteroatoms. The standard InChI is InChI=1S/C26H29FN2O3/c1-21(25(19-28-2)32-20-23-10-5-4-6-11-23)26(30)29(17-18-31-3)16-8-7-9-22-12-14-24(27)15-13-22/h4-8,10-15,17-18H,2,9,16,19-20H2,1,3H3/b8-7+,18-17-,25-21+. The summed E-state index contributed by atoms with van der Waals surface area (Å²) in [5, 5.41) is 0. The molecule has 0 aliphatic heterocycles. The third-order valence-corrected chi connectivity index (χ3v) is 4.62. The van der Waals surface area contributed by atoms with Gasteiger partial charge in [0.05, 0.1) is 25.5 Å². The third kappa shape index (κ3) is 8.22. The molecule has 0 saturated carbocycles. The van der Waals surface area contributed by atoms with Crippen molar-refractivity contribution in [3.05, 3.63) is 107 Å². The number of halogens is 1. The summed E-state index contributed by atoms with van der Waals surface area (Å²) >= 11 is 0. The largest absolute Gasteiger partial charge is 0.503 e. The number of hydrogen-bond acceptors (Lipinski definition) is 4. The van der Waals surface area contributed by atoms with Gasteiger partial charge in [0.2, 0.25) is 0 Å². The summed E-state index contributed by atoms with van der Waals surface area (Å²) in [4.78, 5) is 18.5. The highest BCUT2D eigenvalue weighted by Gasteiger charge is 2.17. The minimum Gasteiger partial charge on any atom is -0.503 e. The van der Waals surface area contributed by atoms with E-state index in [1.807, 2.05) is 42.5 Å². The van der Waals surface area contributed by atoms with Gasteiger partial charge in [0.15, 0.2) is 0 Å². The van der Waals surface area contributed by atoms with Crippen LogP contribution >= 0.6 is 0 Å². The second-order valence-electron chi connectivity index (χ2n) is 6.98. The molecule has 0 radical (unpaired) electrons. The van der Waals surface area contributed by atoms with E-state index in [1.54, 1.807) is 25.3 Å². The quantitative estimate of drug-likeness (QED) is 0.202. The zero-order chi connectivity index (χ0) is 23.2. The number of benzene rings is 2. The van der Waals surface area contributed by atoms with Gasteiger partial charge in [-0.25, -0.2) is 4.39 Å². The number of aliphatic imine (C=N–C) groups is 1. The molecule has 2 aromatic carbocycles. The van der Waals surface area contributed by atoms with Crippen LogP contribution in [0.1, 0.15) is 18.1 Å². The summed E-state index contributed by atoms with van der Waals surface area (Å²) in [5.74, 6) is -0.0165. The lowest BCUT2D eigenvalue weighted by Crippen LogP contribution is -2.28. The number of hydrogen-bond donors (Lipinski definition) is 0. The summed E-state index contributed by atoms with van der Waals surface area (Å²) in [5.41, 5.74) is 2.42. The van der Waals surface area contributed by atoms with Gasteiger partial charge in [-0.2, -0.15) is 0 Å². The topological polar surface area (TPSA) is 51.1 Å². The molecule has 32 heavy (non-hydrogen) atoms. The van der Waals surface area contributed by atoms with Crippen LogP contribution in [0.3, 0.4) is 0 Å². The van der Waals surface area contributed by atoms with Crippen molar-refractivity contribution in [2.75, 3.05) is 20.2 Å². The van der Waals surface area contributed by atoms with E-state index in [4.69, 9.17) is 9.47 Å². The summed E-state index contributed by atoms with van der Waals surface area (Å²) in [7, 11) is 1.52. The van der Waals surface area contributed by atoms with E-state index in [0.717, 1.165) is 11.1 Å². The van der Waals surface area contributed by atoms with E-state index in [9.17, 15) is 9.18 Å². The van der Waals surface area contributed by atoms with Crippen molar-refractivity contribution in [1.29, 1.82) is 0 Å². The molecule has 0 N–H and O–H groups in total. The minimum atomic E-state index is -0.263. The van der Waals surface area contributed by atoms with Gasteiger partial charge in [0, 0.05) is 12.7 Å². The maximum atomic E-state index is 13.1. The summed E-state index contributed by atoms with van der Waals surface area (Å²) in [6.07, 6.45) is 7.46. The van der Waals surface area contributed by atoms with Gasteiger partial charge in [-0.05, 0) is 43.3 Å². The molecule has 5 nitrogen and oxygen atoms in total. The fraction of sp³-hybridized carbons (Fsp3) is 0.231. The normalized spacial score (nSPS) is 12.0. The van der Waals surface area contributed by atoms with Crippen molar-refractivity contribution in [1.82, 2.24) is 4.90 Å². The van der Waals surface area contributed by atoms with Crippen LogP contribution in [0.4, 0.5) is 4.39 Å². The van der Waals surface area contributed by atoms with Crippen molar-refractivity contribution in [2.45, 2.75) is 20.0 Å². The summed E-state index contributed by atoms with van der Waals surface area (Å²) in [6.45, 7) is 6.12. The van der Waals surface area contributed by atoms with E-state index in [0.29, 0.717) is 30.9 Å². The van der Waals surface area contributed by atoms with E-state index < -0.39 is 0 Å². The van der Waals surface area contributed by atoms with Crippen molar-refractivity contribution in [3.63, 3.8) is 0 Å². The van der Waals surface area contributed by atoms with Crippen molar-refractivity contribution >= 4 is 12.6 Å². The molecule has 0 bridgehead atoms. The second-order valence-corrected chi connectivity index (χ2v) is 6.98. The molecule has 168 valence electrons. The average Bonchev–Trinajstić information content (AvgIpc) is 2.82. The Bertz CT molecular complexity index is 951. The van der Waals surface area contributed by atoms with Crippen molar-refractivity contribution in [3.8, 4) is 0 Å². The number of amides is 1. The second kappa shape index (κ2) is 13.6. The SMILES string of the molecule is C=NC/C(OCc1ccccc1)=C(/C)C(=O)N(/C=C\OC)C/C=C/Cc1ccc(F)cc1. The molecule has 0 aliphatic carbocycles. The lowest BCUT2D eigenvalue weighted by molar-refractivity contribution is -0.124. The number of ether oxygens (including phenoxy) is 2. The molecule has 2 rings (SSSR count). The lowest BCUT2D eigenvalue weighted by atomic mass is 10.1. The number of allylic oxidation sites excluding steroid dienone is 1. The predicted octanol–water partition coefficient (Wildman–Crippen LogP) is 5.06. The Morgan fingerprint density at radius 1 is 1.09 bits per heavy atom. The Balaban J connectivity index is 2.09. The van der Waals surface area contributed by atoms with E-state index in [-0.39, 0.29) is 18.3 Å². The third-order valence-electron chi connectivity index (χ3n) is 4.62. The Kier molecular flexibility index (Phi) is 10.5. The molecule has 0 spiro atoms. The Morgan fingerprint density at radius 3 is 2.47 bits per heavy atom. The molecule has 0 unspecified atom stereocenters. The molecule has 0 heterocycles. The number of carbonyl (C=O) groups excluding carboxylic acids is 1. The van der Waals surface area contributed by atoms with Gasteiger partial charge in [-0.1, -0.05) is 54.6 Å².